The van der Waals surface area contributed by atoms with Gasteiger partial charge >= 0.3 is 0 Å². The Bertz CT molecular complexity index is 627. The highest BCUT2D eigenvalue weighted by Gasteiger charge is 2.24. The van der Waals surface area contributed by atoms with E-state index in [-0.39, 0.29) is 18.0 Å². The molecule has 1 aromatic carbocycles. The molecule has 0 bridgehead atoms. The Morgan fingerprint density at radius 2 is 1.69 bits per heavy atom. The molecule has 0 spiro atoms. The Morgan fingerprint density at radius 1 is 1.04 bits per heavy atom. The number of hydrogen-bond acceptors (Lipinski definition) is 3. The molecular formula is C19H25F3N2O2. The summed E-state index contributed by atoms with van der Waals surface area (Å²) in [5.41, 5.74) is -0.203. The first-order valence-electron chi connectivity index (χ1n) is 9.25. The molecule has 0 radical (unpaired) electrons. The van der Waals surface area contributed by atoms with Gasteiger partial charge in [0.25, 0.3) is 0 Å². The zero-order valence-corrected chi connectivity index (χ0v) is 14.9. The SMILES string of the molecule is O=C(CCC1CCN(Cc2c(F)ccc(F)c2F)CC1)N1CCOCC1. The maximum Gasteiger partial charge on any atom is 0.222 e. The Morgan fingerprint density at radius 3 is 2.38 bits per heavy atom. The molecule has 2 aliphatic heterocycles. The van der Waals surface area contributed by atoms with Gasteiger partial charge in [-0.25, -0.2) is 13.2 Å². The van der Waals surface area contributed by atoms with Crippen LogP contribution in [0.15, 0.2) is 12.1 Å². The number of morpholine rings is 1. The van der Waals surface area contributed by atoms with Crippen LogP contribution in [0.2, 0.25) is 0 Å². The van der Waals surface area contributed by atoms with Gasteiger partial charge in [0.2, 0.25) is 5.91 Å². The van der Waals surface area contributed by atoms with Gasteiger partial charge in [-0.15, -0.1) is 0 Å². The van der Waals surface area contributed by atoms with E-state index in [1.807, 2.05) is 9.80 Å². The second-order valence-corrected chi connectivity index (χ2v) is 7.07. The Labute approximate surface area is 151 Å². The van der Waals surface area contributed by atoms with Crippen molar-refractivity contribution in [2.24, 2.45) is 5.92 Å². The zero-order valence-electron chi connectivity index (χ0n) is 14.9. The highest BCUT2D eigenvalue weighted by Crippen LogP contribution is 2.25. The third-order valence-corrected chi connectivity index (χ3v) is 5.36. The summed E-state index contributed by atoms with van der Waals surface area (Å²) < 4.78 is 46.1. The maximum absolute atomic E-state index is 13.8. The van der Waals surface area contributed by atoms with Crippen LogP contribution >= 0.6 is 0 Å². The Hall–Kier alpha value is -1.60. The van der Waals surface area contributed by atoms with E-state index in [1.165, 1.54) is 0 Å². The number of rotatable bonds is 5. The molecule has 1 aromatic rings. The van der Waals surface area contributed by atoms with E-state index < -0.39 is 17.5 Å². The summed E-state index contributed by atoms with van der Waals surface area (Å²) in [4.78, 5) is 16.0. The molecule has 1 amide bonds. The summed E-state index contributed by atoms with van der Waals surface area (Å²) in [6.45, 7) is 4.03. The molecule has 0 aliphatic carbocycles. The second-order valence-electron chi connectivity index (χ2n) is 7.07. The smallest absolute Gasteiger partial charge is 0.222 e. The lowest BCUT2D eigenvalue weighted by Crippen LogP contribution is -2.41. The highest BCUT2D eigenvalue weighted by molar-refractivity contribution is 5.76. The maximum atomic E-state index is 13.8. The van der Waals surface area contributed by atoms with E-state index in [9.17, 15) is 18.0 Å². The first-order valence-corrected chi connectivity index (χ1v) is 9.25. The van der Waals surface area contributed by atoms with Gasteiger partial charge in [-0.05, 0) is 50.4 Å². The topological polar surface area (TPSA) is 32.8 Å². The van der Waals surface area contributed by atoms with Crippen molar-refractivity contribution in [3.8, 4) is 0 Å². The Balaban J connectivity index is 1.43. The lowest BCUT2D eigenvalue weighted by Gasteiger charge is -2.32. The quantitative estimate of drug-likeness (QED) is 0.747. The van der Waals surface area contributed by atoms with Crippen molar-refractivity contribution < 1.29 is 22.7 Å². The molecule has 0 N–H and O–H groups in total. The zero-order chi connectivity index (χ0) is 18.5. The number of carbonyl (C=O) groups is 1. The number of halogens is 3. The van der Waals surface area contributed by atoms with E-state index in [2.05, 4.69) is 0 Å². The van der Waals surface area contributed by atoms with Gasteiger partial charge in [-0.1, -0.05) is 0 Å². The molecule has 7 heteroatoms. The molecule has 2 fully saturated rings. The molecule has 4 nitrogen and oxygen atoms in total. The number of piperidine rings is 1. The van der Waals surface area contributed by atoms with Crippen LogP contribution in [0.5, 0.6) is 0 Å². The average molecular weight is 370 g/mol. The van der Waals surface area contributed by atoms with Crippen LogP contribution in [0.25, 0.3) is 0 Å². The third kappa shape index (κ3) is 4.76. The first kappa shape index (κ1) is 19.2. The molecular weight excluding hydrogens is 345 g/mol. The van der Waals surface area contributed by atoms with E-state index in [4.69, 9.17) is 4.74 Å². The van der Waals surface area contributed by atoms with Crippen LogP contribution in [0.4, 0.5) is 13.2 Å². The van der Waals surface area contributed by atoms with E-state index in [0.29, 0.717) is 51.7 Å². The molecule has 144 valence electrons. The molecule has 2 aliphatic rings. The number of amides is 1. The van der Waals surface area contributed by atoms with Gasteiger partial charge in [0, 0.05) is 31.6 Å². The molecule has 26 heavy (non-hydrogen) atoms. The minimum absolute atomic E-state index is 0.0782. The number of nitrogens with zero attached hydrogens (tertiary/aromatic N) is 2. The van der Waals surface area contributed by atoms with Crippen molar-refractivity contribution >= 4 is 5.91 Å². The van der Waals surface area contributed by atoms with Crippen LogP contribution in [0, 0.1) is 23.4 Å². The first-order chi connectivity index (χ1) is 12.5. The standard InChI is InChI=1S/C19H25F3N2O2/c20-16-2-3-17(21)19(22)15(16)13-23-7-5-14(6-8-23)1-4-18(25)24-9-11-26-12-10-24/h2-3,14H,1,4-13H2. The van der Waals surface area contributed by atoms with Crippen molar-refractivity contribution in [1.82, 2.24) is 9.80 Å². The number of likely N-dealkylation sites (tertiary alicyclic amines) is 1. The summed E-state index contributed by atoms with van der Waals surface area (Å²) in [6, 6.07) is 1.78. The lowest BCUT2D eigenvalue weighted by molar-refractivity contribution is -0.135. The van der Waals surface area contributed by atoms with Crippen LogP contribution in [0.1, 0.15) is 31.2 Å². The minimum Gasteiger partial charge on any atom is -0.378 e. The largest absolute Gasteiger partial charge is 0.378 e. The van der Waals surface area contributed by atoms with Gasteiger partial charge in [-0.2, -0.15) is 0 Å². The molecule has 2 heterocycles. The fourth-order valence-corrected chi connectivity index (χ4v) is 3.67. The lowest BCUT2D eigenvalue weighted by atomic mass is 9.91. The molecule has 2 saturated heterocycles. The van der Waals surface area contributed by atoms with Crippen LogP contribution in [0.3, 0.4) is 0 Å². The molecule has 0 atom stereocenters. The van der Waals surface area contributed by atoms with Crippen molar-refractivity contribution in [2.75, 3.05) is 39.4 Å². The highest BCUT2D eigenvalue weighted by atomic mass is 19.2. The van der Waals surface area contributed by atoms with Crippen molar-refractivity contribution in [1.29, 1.82) is 0 Å². The molecule has 0 unspecified atom stereocenters. The predicted molar refractivity (Wildman–Crippen MR) is 91.0 cm³/mol. The van der Waals surface area contributed by atoms with Gasteiger partial charge < -0.3 is 9.64 Å². The van der Waals surface area contributed by atoms with Gasteiger partial charge in [0.15, 0.2) is 11.6 Å². The monoisotopic (exact) mass is 370 g/mol. The van der Waals surface area contributed by atoms with E-state index >= 15 is 0 Å². The van der Waals surface area contributed by atoms with Gasteiger partial charge in [0.1, 0.15) is 5.82 Å². The minimum atomic E-state index is -1.09. The van der Waals surface area contributed by atoms with Crippen molar-refractivity contribution in [3.63, 3.8) is 0 Å². The van der Waals surface area contributed by atoms with Crippen molar-refractivity contribution in [2.45, 2.75) is 32.2 Å². The fraction of sp³-hybridized carbons (Fsp3) is 0.632. The normalized spacial score (nSPS) is 19.7. The fourth-order valence-electron chi connectivity index (χ4n) is 3.67. The number of carbonyl (C=O) groups excluding carboxylic acids is 1. The van der Waals surface area contributed by atoms with Gasteiger partial charge in [0.05, 0.1) is 13.2 Å². The molecule has 0 saturated carbocycles. The van der Waals surface area contributed by atoms with Crippen LogP contribution < -0.4 is 0 Å². The molecule has 3 rings (SSSR count). The van der Waals surface area contributed by atoms with E-state index in [1.54, 1.807) is 0 Å². The molecule has 0 aromatic heterocycles. The predicted octanol–water partition coefficient (Wildman–Crippen LogP) is 2.95. The number of benzene rings is 1. The number of ether oxygens (including phenoxy) is 1. The van der Waals surface area contributed by atoms with Crippen LogP contribution in [-0.4, -0.2) is 55.1 Å². The van der Waals surface area contributed by atoms with Crippen molar-refractivity contribution in [3.05, 3.63) is 35.1 Å². The third-order valence-electron chi connectivity index (χ3n) is 5.36. The summed E-state index contributed by atoms with van der Waals surface area (Å²) in [5.74, 6) is -2.19. The summed E-state index contributed by atoms with van der Waals surface area (Å²) in [5, 5.41) is 0. The summed E-state index contributed by atoms with van der Waals surface area (Å²) in [6.07, 6.45) is 3.15. The second kappa shape index (κ2) is 8.86. The van der Waals surface area contributed by atoms with Crippen LogP contribution in [-0.2, 0) is 16.1 Å². The number of hydrogen-bond donors (Lipinski definition) is 0. The average Bonchev–Trinajstić information content (AvgIpc) is 2.68. The summed E-state index contributed by atoms with van der Waals surface area (Å²) >= 11 is 0. The van der Waals surface area contributed by atoms with E-state index in [0.717, 1.165) is 31.4 Å². The summed E-state index contributed by atoms with van der Waals surface area (Å²) in [7, 11) is 0. The Kier molecular flexibility index (Phi) is 6.53. The van der Waals surface area contributed by atoms with Gasteiger partial charge in [-0.3, -0.25) is 9.69 Å².